The van der Waals surface area contributed by atoms with E-state index in [2.05, 4.69) is 26.3 Å². The summed E-state index contributed by atoms with van der Waals surface area (Å²) in [4.78, 5) is 12.2. The van der Waals surface area contributed by atoms with Crippen molar-refractivity contribution in [3.63, 3.8) is 0 Å². The lowest BCUT2D eigenvalue weighted by Gasteiger charge is -2.24. The summed E-state index contributed by atoms with van der Waals surface area (Å²) in [7, 11) is 0. The van der Waals surface area contributed by atoms with Gasteiger partial charge >= 0.3 is 0 Å². The molecule has 1 aliphatic rings. The number of amides is 1. The Kier molecular flexibility index (Phi) is 3.53. The number of nitrogens with one attached hydrogen (secondary N) is 1. The Hall–Kier alpha value is -2.34. The van der Waals surface area contributed by atoms with E-state index < -0.39 is 0 Å². The first-order valence-electron chi connectivity index (χ1n) is 7.35. The standard InChI is InChI=1S/C17H14BrN3O2/c18-15-6-2-1-5-12(15)13-8-16(22)20-17-14(13)9-19-21(17)10-11-4-3-7-23-11/h1-7,9,13H,8,10H2,(H,20,22)/t13-/m0/s1. The lowest BCUT2D eigenvalue weighted by molar-refractivity contribution is -0.116. The van der Waals surface area contributed by atoms with Gasteiger partial charge in [-0.25, -0.2) is 4.68 Å². The molecule has 116 valence electrons. The third kappa shape index (κ3) is 2.59. The van der Waals surface area contributed by atoms with Crippen molar-refractivity contribution in [2.24, 2.45) is 0 Å². The number of hydrogen-bond donors (Lipinski definition) is 1. The van der Waals surface area contributed by atoms with Gasteiger partial charge in [-0.2, -0.15) is 5.10 Å². The van der Waals surface area contributed by atoms with Gasteiger partial charge in [-0.1, -0.05) is 34.1 Å². The number of fused-ring (bicyclic) bond motifs is 1. The highest BCUT2D eigenvalue weighted by Gasteiger charge is 2.31. The molecule has 5 nitrogen and oxygen atoms in total. The Bertz CT molecular complexity index is 855. The number of hydrogen-bond acceptors (Lipinski definition) is 3. The number of anilines is 1. The summed E-state index contributed by atoms with van der Waals surface area (Å²) in [5, 5.41) is 7.38. The van der Waals surface area contributed by atoms with Crippen molar-refractivity contribution in [1.29, 1.82) is 0 Å². The molecular weight excluding hydrogens is 358 g/mol. The van der Waals surface area contributed by atoms with Gasteiger partial charge in [-0.05, 0) is 23.8 Å². The van der Waals surface area contributed by atoms with Crippen molar-refractivity contribution in [2.75, 3.05) is 5.32 Å². The van der Waals surface area contributed by atoms with Crippen LogP contribution >= 0.6 is 15.9 Å². The Labute approximate surface area is 141 Å². The minimum atomic E-state index is -0.000511. The van der Waals surface area contributed by atoms with E-state index in [0.717, 1.165) is 27.2 Å². The van der Waals surface area contributed by atoms with Gasteiger partial charge in [0.1, 0.15) is 18.1 Å². The predicted octanol–water partition coefficient (Wildman–Crippen LogP) is 3.76. The van der Waals surface area contributed by atoms with Crippen LogP contribution in [0.4, 0.5) is 5.82 Å². The van der Waals surface area contributed by atoms with E-state index in [1.54, 1.807) is 10.9 Å². The first kappa shape index (κ1) is 14.3. The molecule has 6 heteroatoms. The first-order chi connectivity index (χ1) is 11.2. The van der Waals surface area contributed by atoms with Crippen molar-refractivity contribution in [2.45, 2.75) is 18.9 Å². The number of carbonyl (C=O) groups is 1. The van der Waals surface area contributed by atoms with E-state index >= 15 is 0 Å². The minimum absolute atomic E-state index is 0.000300. The Balaban J connectivity index is 1.75. The third-order valence-corrected chi connectivity index (χ3v) is 4.78. The molecule has 1 aromatic carbocycles. The summed E-state index contributed by atoms with van der Waals surface area (Å²) in [5.41, 5.74) is 2.13. The van der Waals surface area contributed by atoms with Crippen molar-refractivity contribution < 1.29 is 9.21 Å². The zero-order chi connectivity index (χ0) is 15.8. The average Bonchev–Trinajstić information content (AvgIpc) is 3.18. The molecule has 1 aliphatic heterocycles. The predicted molar refractivity (Wildman–Crippen MR) is 89.3 cm³/mol. The number of halogens is 1. The molecule has 0 aliphatic carbocycles. The van der Waals surface area contributed by atoms with Gasteiger partial charge in [0.2, 0.25) is 5.91 Å². The normalized spacial score (nSPS) is 16.9. The number of nitrogens with zero attached hydrogens (tertiary/aromatic N) is 2. The van der Waals surface area contributed by atoms with Crippen LogP contribution in [0.5, 0.6) is 0 Å². The fraction of sp³-hybridized carbons (Fsp3) is 0.176. The number of carbonyl (C=O) groups excluding carboxylic acids is 1. The summed E-state index contributed by atoms with van der Waals surface area (Å²) in [5.74, 6) is 1.55. The molecule has 0 fully saturated rings. The van der Waals surface area contributed by atoms with Crippen LogP contribution < -0.4 is 5.32 Å². The molecule has 0 saturated heterocycles. The highest BCUT2D eigenvalue weighted by atomic mass is 79.9. The summed E-state index contributed by atoms with van der Waals surface area (Å²) in [6.45, 7) is 0.491. The fourth-order valence-electron chi connectivity index (χ4n) is 2.98. The molecule has 0 spiro atoms. The summed E-state index contributed by atoms with van der Waals surface area (Å²) in [6.07, 6.45) is 3.89. The van der Waals surface area contributed by atoms with Crippen molar-refractivity contribution in [3.8, 4) is 0 Å². The summed E-state index contributed by atoms with van der Waals surface area (Å²) < 4.78 is 8.15. The van der Waals surface area contributed by atoms with E-state index in [1.807, 2.05) is 42.6 Å². The highest BCUT2D eigenvalue weighted by Crippen LogP contribution is 2.39. The molecule has 0 unspecified atom stereocenters. The monoisotopic (exact) mass is 371 g/mol. The maximum atomic E-state index is 12.2. The maximum Gasteiger partial charge on any atom is 0.226 e. The van der Waals surface area contributed by atoms with Gasteiger partial charge in [-0.3, -0.25) is 4.79 Å². The van der Waals surface area contributed by atoms with Gasteiger partial charge < -0.3 is 9.73 Å². The van der Waals surface area contributed by atoms with Crippen LogP contribution in [0.25, 0.3) is 0 Å². The number of furan rings is 1. The molecule has 1 atom stereocenters. The summed E-state index contributed by atoms with van der Waals surface area (Å²) in [6, 6.07) is 11.7. The molecule has 3 aromatic rings. The Morgan fingerprint density at radius 2 is 2.13 bits per heavy atom. The second kappa shape index (κ2) is 5.70. The van der Waals surface area contributed by atoms with Gasteiger partial charge in [-0.15, -0.1) is 0 Å². The first-order valence-corrected chi connectivity index (χ1v) is 8.14. The van der Waals surface area contributed by atoms with E-state index in [1.165, 1.54) is 0 Å². The van der Waals surface area contributed by atoms with E-state index in [0.29, 0.717) is 13.0 Å². The Morgan fingerprint density at radius 3 is 2.91 bits per heavy atom. The smallest absolute Gasteiger partial charge is 0.226 e. The van der Waals surface area contributed by atoms with Crippen LogP contribution in [0.3, 0.4) is 0 Å². The molecular formula is C17H14BrN3O2. The SMILES string of the molecule is O=C1C[C@@H](c2ccccc2Br)c2cnn(Cc3ccco3)c2N1. The molecule has 4 rings (SSSR count). The van der Waals surface area contributed by atoms with Gasteiger partial charge in [0.05, 0.1) is 12.5 Å². The average molecular weight is 372 g/mol. The van der Waals surface area contributed by atoms with Crippen molar-refractivity contribution >= 4 is 27.7 Å². The molecule has 23 heavy (non-hydrogen) atoms. The molecule has 2 aromatic heterocycles. The zero-order valence-electron chi connectivity index (χ0n) is 12.2. The Morgan fingerprint density at radius 1 is 1.26 bits per heavy atom. The highest BCUT2D eigenvalue weighted by molar-refractivity contribution is 9.10. The van der Waals surface area contributed by atoms with Crippen LogP contribution in [-0.2, 0) is 11.3 Å². The van der Waals surface area contributed by atoms with Gasteiger partial charge in [0, 0.05) is 22.4 Å². The molecule has 3 heterocycles. The van der Waals surface area contributed by atoms with Crippen LogP contribution in [0.2, 0.25) is 0 Å². The molecule has 1 amide bonds. The molecule has 0 radical (unpaired) electrons. The topological polar surface area (TPSA) is 60.1 Å². The van der Waals surface area contributed by atoms with Crippen LogP contribution in [0.15, 0.2) is 57.7 Å². The number of benzene rings is 1. The van der Waals surface area contributed by atoms with Crippen LogP contribution in [0.1, 0.15) is 29.2 Å². The van der Waals surface area contributed by atoms with Crippen molar-refractivity contribution in [1.82, 2.24) is 9.78 Å². The third-order valence-electron chi connectivity index (χ3n) is 4.06. The lowest BCUT2D eigenvalue weighted by atomic mass is 9.87. The van der Waals surface area contributed by atoms with E-state index in [9.17, 15) is 4.79 Å². The number of aromatic nitrogens is 2. The minimum Gasteiger partial charge on any atom is -0.467 e. The summed E-state index contributed by atoms with van der Waals surface area (Å²) >= 11 is 3.59. The lowest BCUT2D eigenvalue weighted by Crippen LogP contribution is -2.25. The maximum absolute atomic E-state index is 12.2. The largest absolute Gasteiger partial charge is 0.467 e. The van der Waals surface area contributed by atoms with Gasteiger partial charge in [0.25, 0.3) is 0 Å². The number of rotatable bonds is 3. The van der Waals surface area contributed by atoms with Crippen LogP contribution in [-0.4, -0.2) is 15.7 Å². The molecule has 0 saturated carbocycles. The van der Waals surface area contributed by atoms with Crippen LogP contribution in [0, 0.1) is 0 Å². The molecule has 0 bridgehead atoms. The van der Waals surface area contributed by atoms with Gasteiger partial charge in [0.15, 0.2) is 0 Å². The van der Waals surface area contributed by atoms with Crippen molar-refractivity contribution in [3.05, 3.63) is 70.2 Å². The fourth-order valence-corrected chi connectivity index (χ4v) is 3.54. The van der Waals surface area contributed by atoms with E-state index in [-0.39, 0.29) is 11.8 Å². The van der Waals surface area contributed by atoms with E-state index in [4.69, 9.17) is 4.42 Å². The zero-order valence-corrected chi connectivity index (χ0v) is 13.8. The molecule has 1 N–H and O–H groups in total. The quantitative estimate of drug-likeness (QED) is 0.762. The second-order valence-electron chi connectivity index (χ2n) is 5.51. The second-order valence-corrected chi connectivity index (χ2v) is 6.37.